The number of carbonyl (C=O) groups excluding carboxylic acids is 1. The average molecular weight is 228 g/mol. The molecule has 0 saturated carbocycles. The van der Waals surface area contributed by atoms with Gasteiger partial charge < -0.3 is 15.7 Å². The van der Waals surface area contributed by atoms with E-state index in [1.165, 1.54) is 0 Å². The first-order valence-electron chi connectivity index (χ1n) is 5.80. The molecule has 0 bridgehead atoms. The first kappa shape index (κ1) is 13.0. The molecule has 1 unspecified atom stereocenters. The average Bonchev–Trinajstić information content (AvgIpc) is 2.65. The lowest BCUT2D eigenvalue weighted by Crippen LogP contribution is -2.51. The summed E-state index contributed by atoms with van der Waals surface area (Å²) in [5, 5.41) is 14.5. The van der Waals surface area contributed by atoms with Crippen LogP contribution in [0.4, 0.5) is 0 Å². The fourth-order valence-corrected chi connectivity index (χ4v) is 1.89. The highest BCUT2D eigenvalue weighted by molar-refractivity contribution is 5.86. The van der Waals surface area contributed by atoms with Crippen LogP contribution in [0.2, 0.25) is 0 Å². The molecule has 0 aromatic carbocycles. The lowest BCUT2D eigenvalue weighted by Gasteiger charge is -2.22. The van der Waals surface area contributed by atoms with Gasteiger partial charge in [-0.15, -0.1) is 0 Å². The minimum Gasteiger partial charge on any atom is -0.481 e. The van der Waals surface area contributed by atoms with Crippen LogP contribution in [0.25, 0.3) is 0 Å². The number of carboxylic acids is 1. The maximum Gasteiger partial charge on any atom is 0.303 e. The maximum atomic E-state index is 11.8. The zero-order chi connectivity index (χ0) is 12.0. The number of nitrogens with one attached hydrogen (secondary N) is 2. The van der Waals surface area contributed by atoms with Gasteiger partial charge in [0, 0.05) is 13.0 Å². The van der Waals surface area contributed by atoms with Crippen molar-refractivity contribution in [3.05, 3.63) is 0 Å². The second-order valence-corrected chi connectivity index (χ2v) is 4.47. The van der Waals surface area contributed by atoms with Crippen LogP contribution in [0.5, 0.6) is 0 Å². The van der Waals surface area contributed by atoms with Gasteiger partial charge in [0.15, 0.2) is 0 Å². The Morgan fingerprint density at radius 2 is 2.19 bits per heavy atom. The Morgan fingerprint density at radius 1 is 1.44 bits per heavy atom. The molecule has 1 aliphatic heterocycles. The molecule has 5 nitrogen and oxygen atoms in total. The predicted octanol–water partition coefficient (Wildman–Crippen LogP) is 0.500. The fourth-order valence-electron chi connectivity index (χ4n) is 1.89. The van der Waals surface area contributed by atoms with Gasteiger partial charge in [-0.3, -0.25) is 9.59 Å². The van der Waals surface area contributed by atoms with Crippen molar-refractivity contribution in [3.8, 4) is 0 Å². The Hall–Kier alpha value is -1.10. The van der Waals surface area contributed by atoms with E-state index in [2.05, 4.69) is 10.6 Å². The minimum absolute atomic E-state index is 0.0281. The molecule has 1 aliphatic rings. The van der Waals surface area contributed by atoms with Crippen LogP contribution in [0.1, 0.15) is 39.0 Å². The molecule has 5 heteroatoms. The first-order valence-corrected chi connectivity index (χ1v) is 5.80. The summed E-state index contributed by atoms with van der Waals surface area (Å²) in [6, 6.07) is 0. The highest BCUT2D eigenvalue weighted by Crippen LogP contribution is 2.18. The zero-order valence-electron chi connectivity index (χ0n) is 9.71. The Bertz CT molecular complexity index is 260. The van der Waals surface area contributed by atoms with Gasteiger partial charge >= 0.3 is 5.97 Å². The van der Waals surface area contributed by atoms with Gasteiger partial charge in [0.2, 0.25) is 5.91 Å². The molecule has 0 spiro atoms. The second kappa shape index (κ2) is 5.84. The predicted molar refractivity (Wildman–Crippen MR) is 60.1 cm³/mol. The van der Waals surface area contributed by atoms with Gasteiger partial charge in [0.05, 0.1) is 5.54 Å². The Kier molecular flexibility index (Phi) is 4.73. The number of amides is 1. The van der Waals surface area contributed by atoms with Crippen molar-refractivity contribution in [3.63, 3.8) is 0 Å². The lowest BCUT2D eigenvalue weighted by molar-refractivity contribution is -0.137. The van der Waals surface area contributed by atoms with Crippen molar-refractivity contribution in [2.45, 2.75) is 44.6 Å². The topological polar surface area (TPSA) is 78.4 Å². The van der Waals surface area contributed by atoms with Crippen LogP contribution < -0.4 is 10.6 Å². The smallest absolute Gasteiger partial charge is 0.303 e. The molecular formula is C11H20N2O3. The molecule has 0 aromatic heterocycles. The monoisotopic (exact) mass is 228 g/mol. The highest BCUT2D eigenvalue weighted by atomic mass is 16.4. The van der Waals surface area contributed by atoms with Crippen LogP contribution in [-0.2, 0) is 9.59 Å². The molecule has 1 atom stereocenters. The van der Waals surface area contributed by atoms with E-state index in [4.69, 9.17) is 5.11 Å². The standard InChI is InChI=1S/C11H20N2O3/c1-11(6-4-8-13-11)10(16)12-7-3-2-5-9(14)15/h13H,2-8H2,1H3,(H,12,16)(H,14,15). The van der Waals surface area contributed by atoms with E-state index in [1.807, 2.05) is 6.92 Å². The largest absolute Gasteiger partial charge is 0.481 e. The number of aliphatic carboxylic acids is 1. The Labute approximate surface area is 95.6 Å². The molecule has 1 rings (SSSR count). The van der Waals surface area contributed by atoms with Crippen molar-refractivity contribution in [1.82, 2.24) is 10.6 Å². The van der Waals surface area contributed by atoms with Crippen LogP contribution in [0.15, 0.2) is 0 Å². The maximum absolute atomic E-state index is 11.8. The van der Waals surface area contributed by atoms with Gasteiger partial charge in [0.1, 0.15) is 0 Å². The molecule has 0 aromatic rings. The van der Waals surface area contributed by atoms with E-state index in [9.17, 15) is 9.59 Å². The number of carboxylic acid groups (broad SMARTS) is 1. The molecule has 0 radical (unpaired) electrons. The van der Waals surface area contributed by atoms with Crippen molar-refractivity contribution in [2.75, 3.05) is 13.1 Å². The third-order valence-corrected chi connectivity index (χ3v) is 2.97. The summed E-state index contributed by atoms with van der Waals surface area (Å²) >= 11 is 0. The minimum atomic E-state index is -0.782. The molecule has 1 saturated heterocycles. The third kappa shape index (κ3) is 3.81. The Balaban J connectivity index is 2.13. The lowest BCUT2D eigenvalue weighted by atomic mass is 9.99. The number of hydrogen-bond acceptors (Lipinski definition) is 3. The summed E-state index contributed by atoms with van der Waals surface area (Å²) in [6.45, 7) is 3.36. The van der Waals surface area contributed by atoms with E-state index >= 15 is 0 Å². The number of unbranched alkanes of at least 4 members (excludes halogenated alkanes) is 1. The normalized spacial score (nSPS) is 24.3. The van der Waals surface area contributed by atoms with E-state index in [1.54, 1.807) is 0 Å². The summed E-state index contributed by atoms with van der Waals surface area (Å²) in [6.07, 6.45) is 3.40. The van der Waals surface area contributed by atoms with Gasteiger partial charge in [-0.05, 0) is 39.2 Å². The van der Waals surface area contributed by atoms with Crippen LogP contribution in [0.3, 0.4) is 0 Å². The molecule has 0 aliphatic carbocycles. The summed E-state index contributed by atoms with van der Waals surface area (Å²) in [7, 11) is 0. The van der Waals surface area contributed by atoms with E-state index in [0.717, 1.165) is 19.4 Å². The quantitative estimate of drug-likeness (QED) is 0.578. The van der Waals surface area contributed by atoms with Gasteiger partial charge in [-0.2, -0.15) is 0 Å². The van der Waals surface area contributed by atoms with E-state index < -0.39 is 11.5 Å². The van der Waals surface area contributed by atoms with Crippen molar-refractivity contribution < 1.29 is 14.7 Å². The van der Waals surface area contributed by atoms with E-state index in [0.29, 0.717) is 19.4 Å². The molecule has 1 amide bonds. The molecular weight excluding hydrogens is 208 g/mol. The molecule has 3 N–H and O–H groups in total. The van der Waals surface area contributed by atoms with E-state index in [-0.39, 0.29) is 12.3 Å². The molecule has 1 heterocycles. The SMILES string of the molecule is CC1(C(=O)NCCCCC(=O)O)CCCN1. The fraction of sp³-hybridized carbons (Fsp3) is 0.818. The summed E-state index contributed by atoms with van der Waals surface area (Å²) in [4.78, 5) is 22.0. The first-order chi connectivity index (χ1) is 7.54. The highest BCUT2D eigenvalue weighted by Gasteiger charge is 2.35. The van der Waals surface area contributed by atoms with Crippen molar-refractivity contribution in [1.29, 1.82) is 0 Å². The van der Waals surface area contributed by atoms with Gasteiger partial charge in [0.25, 0.3) is 0 Å². The second-order valence-electron chi connectivity index (χ2n) is 4.47. The van der Waals surface area contributed by atoms with Crippen LogP contribution in [-0.4, -0.2) is 35.6 Å². The number of hydrogen-bond donors (Lipinski definition) is 3. The summed E-state index contributed by atoms with van der Waals surface area (Å²) < 4.78 is 0. The van der Waals surface area contributed by atoms with Crippen molar-refractivity contribution >= 4 is 11.9 Å². The van der Waals surface area contributed by atoms with Gasteiger partial charge in [-0.1, -0.05) is 0 Å². The zero-order valence-corrected chi connectivity index (χ0v) is 9.71. The van der Waals surface area contributed by atoms with Gasteiger partial charge in [-0.25, -0.2) is 0 Å². The van der Waals surface area contributed by atoms with Crippen molar-refractivity contribution in [2.24, 2.45) is 0 Å². The molecule has 1 fully saturated rings. The molecule has 92 valence electrons. The third-order valence-electron chi connectivity index (χ3n) is 2.97. The number of carbonyl (C=O) groups is 2. The van der Waals surface area contributed by atoms with Crippen LogP contribution >= 0.6 is 0 Å². The summed E-state index contributed by atoms with van der Waals surface area (Å²) in [5.41, 5.74) is -0.424. The molecule has 16 heavy (non-hydrogen) atoms. The van der Waals surface area contributed by atoms with Crippen LogP contribution in [0, 0.1) is 0 Å². The number of rotatable bonds is 6. The Morgan fingerprint density at radius 3 is 2.75 bits per heavy atom. The summed E-state index contributed by atoms with van der Waals surface area (Å²) in [5.74, 6) is -0.754.